The number of carbonyl (C=O) groups excluding carboxylic acids is 2. The molecule has 2 bridgehead atoms. The fourth-order valence-corrected chi connectivity index (χ4v) is 6.54. The Morgan fingerprint density at radius 2 is 2.00 bits per heavy atom. The number of carbonyl (C=O) groups is 2. The quantitative estimate of drug-likeness (QED) is 0.559. The Hall–Kier alpha value is -2.74. The van der Waals surface area contributed by atoms with E-state index in [1.165, 1.54) is 0 Å². The molecule has 0 radical (unpaired) electrons. The zero-order valence-electron chi connectivity index (χ0n) is 17.8. The molecule has 2 heterocycles. The van der Waals surface area contributed by atoms with Crippen LogP contribution in [0, 0.1) is 0 Å². The highest BCUT2D eigenvalue weighted by atomic mass is 16.6. The van der Waals surface area contributed by atoms with E-state index in [0.29, 0.717) is 30.6 Å². The minimum atomic E-state index is -1.44. The average molecular weight is 435 g/mol. The zero-order chi connectivity index (χ0) is 22.3. The smallest absolute Gasteiger partial charge is 0.345 e. The summed E-state index contributed by atoms with van der Waals surface area (Å²) in [7, 11) is 2.02. The van der Waals surface area contributed by atoms with Gasteiger partial charge in [0.1, 0.15) is 0 Å². The minimum Gasteiger partial charge on any atom is -0.477 e. The number of aliphatic hydroxyl groups is 2. The lowest BCUT2D eigenvalue weighted by atomic mass is 9.49. The summed E-state index contributed by atoms with van der Waals surface area (Å²) in [6.45, 7) is 0.746. The largest absolute Gasteiger partial charge is 0.477 e. The molecule has 2 aliphatic carbocycles. The van der Waals surface area contributed by atoms with Crippen molar-refractivity contribution in [2.45, 2.75) is 54.9 Å². The molecule has 0 amide bonds. The first-order valence-corrected chi connectivity index (χ1v) is 11.1. The SMILES string of the molecule is CN1CC[C@]23c4c5ccc(OC(=O)C(O)c6ccccc6)c4O[C@H]2C(=O)CC[C@@]3(O)[C@H]1C5. The highest BCUT2D eigenvalue weighted by molar-refractivity contribution is 5.90. The standard InChI is InChI=1S/C25H25NO6/c1-26-12-11-24-19-15-7-8-17(31-23(29)20(28)14-5-3-2-4-6-14)21(19)32-22(24)16(27)9-10-25(24,30)18(26)13-15/h2-8,18,20,22,28,30H,9-13H2,1H3/t18-,20?,22+,24+,25-/m1/s1. The lowest BCUT2D eigenvalue weighted by Crippen LogP contribution is -2.76. The van der Waals surface area contributed by atoms with Crippen molar-refractivity contribution in [1.29, 1.82) is 0 Å². The van der Waals surface area contributed by atoms with Crippen molar-refractivity contribution in [3.05, 3.63) is 59.2 Å². The van der Waals surface area contributed by atoms with Crippen LogP contribution in [0.2, 0.25) is 0 Å². The van der Waals surface area contributed by atoms with Crippen molar-refractivity contribution in [2.75, 3.05) is 13.6 Å². The molecule has 0 aromatic heterocycles. The number of benzene rings is 2. The van der Waals surface area contributed by atoms with Gasteiger partial charge in [-0.25, -0.2) is 4.79 Å². The van der Waals surface area contributed by atoms with Gasteiger partial charge in [0.25, 0.3) is 0 Å². The predicted molar refractivity (Wildman–Crippen MR) is 114 cm³/mol. The van der Waals surface area contributed by atoms with Crippen LogP contribution in [0.3, 0.4) is 0 Å². The van der Waals surface area contributed by atoms with Crippen LogP contribution >= 0.6 is 0 Å². The molecule has 2 aliphatic heterocycles. The van der Waals surface area contributed by atoms with Gasteiger partial charge in [0.15, 0.2) is 29.5 Å². The number of esters is 1. The molecular formula is C25H25NO6. The fourth-order valence-electron chi connectivity index (χ4n) is 6.54. The van der Waals surface area contributed by atoms with Gasteiger partial charge >= 0.3 is 5.97 Å². The van der Waals surface area contributed by atoms with E-state index in [-0.39, 0.29) is 24.0 Å². The van der Waals surface area contributed by atoms with E-state index in [1.807, 2.05) is 13.1 Å². The molecule has 7 heteroatoms. The summed E-state index contributed by atoms with van der Waals surface area (Å²) in [6.07, 6.45) is -0.327. The van der Waals surface area contributed by atoms with Gasteiger partial charge in [-0.2, -0.15) is 0 Å². The number of ether oxygens (including phenoxy) is 2. The maximum Gasteiger partial charge on any atom is 0.345 e. The van der Waals surface area contributed by atoms with Crippen LogP contribution in [-0.2, 0) is 21.4 Å². The predicted octanol–water partition coefficient (Wildman–Crippen LogP) is 1.68. The van der Waals surface area contributed by atoms with Crippen molar-refractivity contribution in [3.8, 4) is 11.5 Å². The summed E-state index contributed by atoms with van der Waals surface area (Å²) in [4.78, 5) is 27.9. The van der Waals surface area contributed by atoms with E-state index in [1.54, 1.807) is 36.4 Å². The van der Waals surface area contributed by atoms with Crippen LogP contribution < -0.4 is 9.47 Å². The number of likely N-dealkylation sites (N-methyl/N-ethyl adjacent to an activating group) is 1. The van der Waals surface area contributed by atoms with E-state index in [0.717, 1.165) is 17.7 Å². The fraction of sp³-hybridized carbons (Fsp3) is 0.440. The molecule has 2 N–H and O–H groups in total. The Bertz CT molecular complexity index is 1130. The molecule has 1 spiro atoms. The lowest BCUT2D eigenvalue weighted by molar-refractivity contribution is -0.185. The van der Waals surface area contributed by atoms with Gasteiger partial charge in [0.05, 0.1) is 11.0 Å². The van der Waals surface area contributed by atoms with E-state index < -0.39 is 29.2 Å². The maximum atomic E-state index is 13.0. The van der Waals surface area contributed by atoms with Gasteiger partial charge in [0.2, 0.25) is 0 Å². The first-order valence-electron chi connectivity index (χ1n) is 11.1. The Kier molecular flexibility index (Phi) is 4.13. The maximum absolute atomic E-state index is 13.0. The second-order valence-electron chi connectivity index (χ2n) is 9.47. The molecule has 7 nitrogen and oxygen atoms in total. The number of piperidine rings is 1. The first kappa shape index (κ1) is 19.9. The van der Waals surface area contributed by atoms with Crippen molar-refractivity contribution >= 4 is 11.8 Å². The third kappa shape index (κ3) is 2.36. The van der Waals surface area contributed by atoms with E-state index >= 15 is 0 Å². The number of Topliss-reactive ketones (excluding diaryl/α,β-unsaturated/α-hetero) is 1. The van der Waals surface area contributed by atoms with Gasteiger partial charge in [-0.3, -0.25) is 4.79 Å². The molecule has 4 aliphatic rings. The van der Waals surface area contributed by atoms with Crippen LogP contribution in [0.5, 0.6) is 11.5 Å². The Morgan fingerprint density at radius 3 is 2.78 bits per heavy atom. The second-order valence-corrected chi connectivity index (χ2v) is 9.47. The van der Waals surface area contributed by atoms with Crippen LogP contribution in [0.1, 0.15) is 42.1 Å². The van der Waals surface area contributed by atoms with Crippen LogP contribution in [0.15, 0.2) is 42.5 Å². The highest BCUT2D eigenvalue weighted by Gasteiger charge is 2.72. The molecule has 2 aromatic carbocycles. The normalized spacial score (nSPS) is 33.3. The summed E-state index contributed by atoms with van der Waals surface area (Å²) >= 11 is 0. The van der Waals surface area contributed by atoms with Gasteiger partial charge in [-0.15, -0.1) is 0 Å². The molecule has 1 unspecified atom stereocenters. The summed E-state index contributed by atoms with van der Waals surface area (Å²) < 4.78 is 11.8. The number of nitrogens with zero attached hydrogens (tertiary/aromatic N) is 1. The van der Waals surface area contributed by atoms with Crippen LogP contribution in [-0.4, -0.2) is 58.2 Å². The van der Waals surface area contributed by atoms with Crippen molar-refractivity contribution < 1.29 is 29.3 Å². The highest BCUT2D eigenvalue weighted by Crippen LogP contribution is 2.64. The monoisotopic (exact) mass is 435 g/mol. The Morgan fingerprint density at radius 1 is 1.22 bits per heavy atom. The van der Waals surface area contributed by atoms with Crippen LogP contribution in [0.4, 0.5) is 0 Å². The van der Waals surface area contributed by atoms with E-state index in [4.69, 9.17) is 9.47 Å². The van der Waals surface area contributed by atoms with Crippen LogP contribution in [0.25, 0.3) is 0 Å². The van der Waals surface area contributed by atoms with Gasteiger partial charge in [-0.05, 0) is 50.0 Å². The molecule has 32 heavy (non-hydrogen) atoms. The average Bonchev–Trinajstić information content (AvgIpc) is 3.16. The second kappa shape index (κ2) is 6.63. The number of hydrogen-bond donors (Lipinski definition) is 2. The molecular weight excluding hydrogens is 410 g/mol. The number of likely N-dealkylation sites (tertiary alicyclic amines) is 1. The number of ketones is 1. The lowest BCUT2D eigenvalue weighted by Gasteiger charge is -2.62. The molecule has 1 saturated heterocycles. The van der Waals surface area contributed by atoms with E-state index in [2.05, 4.69) is 4.90 Å². The summed E-state index contributed by atoms with van der Waals surface area (Å²) in [6, 6.07) is 12.0. The Balaban J connectivity index is 1.44. The summed E-state index contributed by atoms with van der Waals surface area (Å²) in [5.74, 6) is -0.302. The topological polar surface area (TPSA) is 96.3 Å². The van der Waals surface area contributed by atoms with E-state index in [9.17, 15) is 19.8 Å². The van der Waals surface area contributed by atoms with Gasteiger partial charge in [0, 0.05) is 18.0 Å². The molecule has 2 aromatic rings. The van der Waals surface area contributed by atoms with Gasteiger partial charge in [-0.1, -0.05) is 36.4 Å². The van der Waals surface area contributed by atoms with Crippen molar-refractivity contribution in [1.82, 2.24) is 4.90 Å². The minimum absolute atomic E-state index is 0.0244. The summed E-state index contributed by atoms with van der Waals surface area (Å²) in [5, 5.41) is 22.4. The molecule has 5 atom stereocenters. The van der Waals surface area contributed by atoms with Gasteiger partial charge < -0.3 is 24.6 Å². The number of aliphatic hydroxyl groups excluding tert-OH is 1. The van der Waals surface area contributed by atoms with Crippen molar-refractivity contribution in [2.24, 2.45) is 0 Å². The first-order chi connectivity index (χ1) is 15.4. The summed E-state index contributed by atoms with van der Waals surface area (Å²) in [5.41, 5.74) is 0.345. The third-order valence-corrected chi connectivity index (χ3v) is 8.06. The van der Waals surface area contributed by atoms with Crippen molar-refractivity contribution in [3.63, 3.8) is 0 Å². The molecule has 6 rings (SSSR count). The Labute approximate surface area is 185 Å². The number of rotatable bonds is 3. The molecule has 166 valence electrons. The number of hydrogen-bond acceptors (Lipinski definition) is 7. The molecule has 2 fully saturated rings. The molecule has 1 saturated carbocycles. The zero-order valence-corrected chi connectivity index (χ0v) is 17.8. The third-order valence-electron chi connectivity index (χ3n) is 8.06.